The molecule has 85 heavy (non-hydrogen) atoms. The van der Waals surface area contributed by atoms with Gasteiger partial charge in [0, 0.05) is 48.5 Å². The minimum Gasteiger partial charge on any atom is -0.507 e. The van der Waals surface area contributed by atoms with Crippen molar-refractivity contribution in [2.45, 2.75) is 29.4 Å². The molecule has 10 aromatic carbocycles. The zero-order chi connectivity index (χ0) is 61.1. The van der Waals surface area contributed by atoms with Gasteiger partial charge in [-0.25, -0.2) is 0 Å². The Kier molecular flexibility index (Phi) is 13.7. The zero-order valence-electron chi connectivity index (χ0n) is 41.7. The Labute approximate surface area is 476 Å². The first kappa shape index (κ1) is 57.6. The lowest BCUT2D eigenvalue weighted by atomic mass is 10.1. The fourth-order valence-corrected chi connectivity index (χ4v) is 12.9. The van der Waals surface area contributed by atoms with Crippen LogP contribution in [0.15, 0.2) is 200 Å². The Hall–Kier alpha value is -9.24. The summed E-state index contributed by atoms with van der Waals surface area (Å²) in [6.07, 6.45) is 0. The highest BCUT2D eigenvalue weighted by molar-refractivity contribution is 7.87. The van der Waals surface area contributed by atoms with Gasteiger partial charge in [-0.15, -0.1) is 40.9 Å². The summed E-state index contributed by atoms with van der Waals surface area (Å²) in [7, 11) is -30.0. The van der Waals surface area contributed by atoms with Crippen molar-refractivity contribution in [1.29, 1.82) is 0 Å². The molecule has 1 heterocycles. The van der Waals surface area contributed by atoms with Crippen molar-refractivity contribution in [3.05, 3.63) is 140 Å². The summed E-state index contributed by atoms with van der Waals surface area (Å²) in [4.78, 5) is -3.66. The van der Waals surface area contributed by atoms with E-state index in [2.05, 4.69) is 40.9 Å². The van der Waals surface area contributed by atoms with E-state index in [1.165, 1.54) is 91.0 Å². The largest absolute Gasteiger partial charge is 0.507 e. The molecule has 0 aliphatic rings. The highest BCUT2D eigenvalue weighted by Crippen LogP contribution is 2.45. The van der Waals surface area contributed by atoms with E-state index in [4.69, 9.17) is 0 Å². The van der Waals surface area contributed by atoms with Crippen LogP contribution in [0.25, 0.3) is 70.6 Å². The first-order valence-electron chi connectivity index (χ1n) is 23.4. The molecule has 0 aliphatic carbocycles. The molecule has 0 saturated heterocycles. The molecule has 1 aromatic heterocycles. The maximum Gasteiger partial charge on any atom is 0.296 e. The van der Waals surface area contributed by atoms with Crippen LogP contribution in [0.3, 0.4) is 0 Å². The smallest absolute Gasteiger partial charge is 0.296 e. The van der Waals surface area contributed by atoms with E-state index in [-0.39, 0.29) is 99.0 Å². The average molecular weight is 1270 g/mol. The Morgan fingerprint density at radius 3 is 1.35 bits per heavy atom. The Balaban J connectivity index is 0.980. The van der Waals surface area contributed by atoms with Crippen LogP contribution >= 0.6 is 0 Å². The van der Waals surface area contributed by atoms with Crippen LogP contribution in [0.4, 0.5) is 34.1 Å². The molecule has 8 N–H and O–H groups in total. The lowest BCUT2D eigenvalue weighted by molar-refractivity contribution is 0.472. The van der Waals surface area contributed by atoms with E-state index in [0.29, 0.717) is 6.07 Å². The van der Waals surface area contributed by atoms with Crippen molar-refractivity contribution in [3.8, 4) is 17.2 Å². The topological polar surface area (TPSA) is 472 Å². The summed E-state index contributed by atoms with van der Waals surface area (Å²) in [5.74, 6) is -1.36. The second-order valence-corrected chi connectivity index (χ2v) is 26.7. The predicted molar refractivity (Wildman–Crippen MR) is 300 cm³/mol. The SMILES string of the molecule is O=S(=O)(O)c1ccc2c(N=Nc3ccc(N=Nc4ccc(S(=O)(=O)O)c5c(O)cccc45)c4ccc(S(=O)(=O)O)cc34)ccc(N=Nc3c(S(=O)(=O)O)cc4cc(-n5nc6ccc7c(S(=O)(=O)O)cc(S(=O)(=O)O)cc7c6n5)ccc4c3O)c2c1. The first-order valence-corrected chi connectivity index (χ1v) is 32.0. The molecular formula is C50H31N9O20S6. The van der Waals surface area contributed by atoms with Crippen molar-refractivity contribution < 1.29 is 88.0 Å². The minimum absolute atomic E-state index is 0.0163. The van der Waals surface area contributed by atoms with Gasteiger partial charge in [-0.3, -0.25) is 27.3 Å². The van der Waals surface area contributed by atoms with Crippen molar-refractivity contribution in [3.63, 3.8) is 0 Å². The number of aromatic hydroxyl groups is 2. The Morgan fingerprint density at radius 2 is 0.824 bits per heavy atom. The maximum atomic E-state index is 13.0. The summed E-state index contributed by atoms with van der Waals surface area (Å²) < 4.78 is 209. The van der Waals surface area contributed by atoms with E-state index in [9.17, 15) is 88.0 Å². The standard InChI is InChI=1S/C50H31N9O20S6/c60-43-3-1-2-33-39(16-17-44(47(33)43)83(71,72)73)53-51-37-12-14-40(34-20-26(80(62,63)64)5-8-30(34)37)54-52-38-13-15-41(35-21-27(81(65,66)67)6-9-31(35)38)55-56-49-46(85(77,78)79)19-24-18-25(4-7-29(24)50(49)61)59-57-42-11-10-32-36(48(42)58-59)22-28(82(68,69)70)23-45(32)84(74,75)76/h1-23,60-61H,(H,62,63,64)(H,65,66,67)(H,68,69,70)(H,71,72,73)(H,74,75,76)(H,77,78,79). The van der Waals surface area contributed by atoms with Crippen LogP contribution in [0, 0.1) is 0 Å². The molecule has 0 saturated carbocycles. The lowest BCUT2D eigenvalue weighted by Crippen LogP contribution is -2.04. The Morgan fingerprint density at radius 1 is 0.353 bits per heavy atom. The van der Waals surface area contributed by atoms with Crippen LogP contribution in [-0.4, -0.2) is 103 Å². The molecule has 0 bridgehead atoms. The quantitative estimate of drug-likeness (QED) is 0.0393. The number of phenols is 2. The number of nitrogens with zero attached hydrogens (tertiary/aromatic N) is 9. The minimum atomic E-state index is -5.30. The number of hydrogen-bond donors (Lipinski definition) is 8. The lowest BCUT2D eigenvalue weighted by Gasteiger charge is -2.11. The zero-order valence-corrected chi connectivity index (χ0v) is 46.6. The van der Waals surface area contributed by atoms with Gasteiger partial charge < -0.3 is 10.2 Å². The third-order valence-corrected chi connectivity index (χ3v) is 18.2. The fraction of sp³-hybridized carbons (Fsp3) is 0. The summed E-state index contributed by atoms with van der Waals surface area (Å²) in [6, 6.07) is 26.6. The summed E-state index contributed by atoms with van der Waals surface area (Å²) in [5, 5.41) is 55.4. The highest BCUT2D eigenvalue weighted by atomic mass is 32.2. The number of phenolic OH excluding ortho intramolecular Hbond substituents is 2. The monoisotopic (exact) mass is 1270 g/mol. The molecule has 11 aromatic rings. The molecule has 432 valence electrons. The number of hydrogen-bond acceptors (Lipinski definition) is 22. The second kappa shape index (κ2) is 20.2. The van der Waals surface area contributed by atoms with Gasteiger partial charge in [0.05, 0.1) is 48.8 Å². The van der Waals surface area contributed by atoms with Crippen LogP contribution in [0.1, 0.15) is 0 Å². The van der Waals surface area contributed by atoms with Gasteiger partial charge >= 0.3 is 0 Å². The third-order valence-electron chi connectivity index (χ3n) is 13.0. The molecule has 11 rings (SSSR count). The molecule has 35 heteroatoms. The van der Waals surface area contributed by atoms with Gasteiger partial charge in [-0.1, -0.05) is 30.3 Å². The number of azo groups is 3. The van der Waals surface area contributed by atoms with Crippen molar-refractivity contribution in [2.75, 3.05) is 0 Å². The molecule has 0 aliphatic heterocycles. The third kappa shape index (κ3) is 10.9. The van der Waals surface area contributed by atoms with E-state index < -0.39 is 107 Å². The highest BCUT2D eigenvalue weighted by Gasteiger charge is 2.26. The van der Waals surface area contributed by atoms with Crippen molar-refractivity contribution >= 4 is 160 Å². The first-order chi connectivity index (χ1) is 39.7. The van der Waals surface area contributed by atoms with Crippen LogP contribution in [0.5, 0.6) is 11.5 Å². The summed E-state index contributed by atoms with van der Waals surface area (Å²) in [6.45, 7) is 0. The van der Waals surface area contributed by atoms with Gasteiger partial charge in [-0.05, 0) is 115 Å². The number of rotatable bonds is 13. The van der Waals surface area contributed by atoms with Crippen molar-refractivity contribution in [2.24, 2.45) is 30.7 Å². The van der Waals surface area contributed by atoms with Crippen molar-refractivity contribution in [1.82, 2.24) is 15.0 Å². The van der Waals surface area contributed by atoms with E-state index in [1.807, 2.05) is 0 Å². The van der Waals surface area contributed by atoms with E-state index >= 15 is 0 Å². The average Bonchev–Trinajstić information content (AvgIpc) is 2.47. The molecule has 0 atom stereocenters. The molecule has 0 fully saturated rings. The normalized spacial score (nSPS) is 13.3. The maximum absolute atomic E-state index is 13.0. The number of benzene rings is 10. The molecule has 0 radical (unpaired) electrons. The van der Waals surface area contributed by atoms with Gasteiger partial charge in [-0.2, -0.15) is 55.3 Å². The second-order valence-electron chi connectivity index (χ2n) is 18.3. The molecule has 0 unspecified atom stereocenters. The molecular weight excluding hydrogens is 1240 g/mol. The van der Waals surface area contributed by atoms with Gasteiger partial charge in [0.15, 0.2) is 5.75 Å². The van der Waals surface area contributed by atoms with E-state index in [0.717, 1.165) is 47.3 Å². The van der Waals surface area contributed by atoms with Crippen LogP contribution in [0.2, 0.25) is 0 Å². The molecule has 0 amide bonds. The van der Waals surface area contributed by atoms with Crippen LogP contribution in [-0.2, 0) is 60.7 Å². The van der Waals surface area contributed by atoms with Gasteiger partial charge in [0.1, 0.15) is 37.2 Å². The molecule has 29 nitrogen and oxygen atoms in total. The van der Waals surface area contributed by atoms with E-state index in [1.54, 1.807) is 0 Å². The number of aromatic nitrogens is 3. The predicted octanol–water partition coefficient (Wildman–Crippen LogP) is 10.3. The summed E-state index contributed by atoms with van der Waals surface area (Å²) >= 11 is 0. The van der Waals surface area contributed by atoms with Gasteiger partial charge in [0.2, 0.25) is 0 Å². The number of fused-ring (bicyclic) bond motifs is 7. The molecule has 0 spiro atoms. The Bertz CT molecular complexity index is 5650. The summed E-state index contributed by atoms with van der Waals surface area (Å²) in [5.41, 5.74) is -1.10. The van der Waals surface area contributed by atoms with Gasteiger partial charge in [0.25, 0.3) is 60.7 Å². The fourth-order valence-electron chi connectivity index (χ4n) is 9.21. The van der Waals surface area contributed by atoms with Crippen LogP contribution < -0.4 is 0 Å².